The predicted octanol–water partition coefficient (Wildman–Crippen LogP) is -2.75. The van der Waals surface area contributed by atoms with E-state index in [9.17, 15) is 14.7 Å². The molecule has 1 amide bonds. The maximum Gasteiger partial charge on any atom is 0.451 e. The van der Waals surface area contributed by atoms with E-state index in [-0.39, 0.29) is 43.5 Å². The van der Waals surface area contributed by atoms with Gasteiger partial charge in [0.1, 0.15) is 5.54 Å². The number of carboxylic acid groups (broad SMARTS) is 1. The van der Waals surface area contributed by atoms with Crippen molar-refractivity contribution in [3.8, 4) is 0 Å². The molecule has 0 spiro atoms. The molecule has 0 aliphatic carbocycles. The number of aliphatic carboxylic acids is 1. The number of carbonyl (C=O) groups is 2. The lowest BCUT2D eigenvalue weighted by Crippen LogP contribution is -2.63. The van der Waals surface area contributed by atoms with Gasteiger partial charge in [-0.1, -0.05) is 6.42 Å². The van der Waals surface area contributed by atoms with E-state index in [2.05, 4.69) is 4.99 Å². The van der Waals surface area contributed by atoms with Crippen molar-refractivity contribution in [1.82, 2.24) is 4.90 Å². The van der Waals surface area contributed by atoms with Crippen LogP contribution in [-0.4, -0.2) is 76.2 Å². The molecule has 0 aromatic rings. The van der Waals surface area contributed by atoms with Crippen molar-refractivity contribution in [3.05, 3.63) is 0 Å². The fraction of sp³-hybridized carbons (Fsp3) is 0.800. The zero-order chi connectivity index (χ0) is 20.6. The highest BCUT2D eigenvalue weighted by molar-refractivity contribution is 6.40. The summed E-state index contributed by atoms with van der Waals surface area (Å²) in [7, 11) is -1.48. The van der Waals surface area contributed by atoms with E-state index >= 15 is 0 Å². The first-order valence-electron chi connectivity index (χ1n) is 9.00. The molecule has 1 fully saturated rings. The van der Waals surface area contributed by atoms with Gasteiger partial charge in [-0.2, -0.15) is 0 Å². The lowest BCUT2D eigenvalue weighted by atomic mass is 9.75. The normalized spacial score (nSPS) is 23.6. The van der Waals surface area contributed by atoms with Crippen LogP contribution in [0, 0.1) is 5.92 Å². The van der Waals surface area contributed by atoms with Crippen LogP contribution in [0.3, 0.4) is 0 Å². The second kappa shape index (κ2) is 10.4. The number of hydrogen-bond acceptors (Lipinski definition) is 7. The summed E-state index contributed by atoms with van der Waals surface area (Å²) in [6.07, 6.45) is 1.85. The maximum absolute atomic E-state index is 12.6. The summed E-state index contributed by atoms with van der Waals surface area (Å²) < 4.78 is 0. The van der Waals surface area contributed by atoms with Crippen molar-refractivity contribution in [3.63, 3.8) is 0 Å². The number of nitrogens with zero attached hydrogens (tertiary/aromatic N) is 2. The molecule has 1 aliphatic heterocycles. The Kier molecular flexibility index (Phi) is 8.96. The number of hydrogen-bond donors (Lipinski definition) is 7. The zero-order valence-corrected chi connectivity index (χ0v) is 15.5. The smallest absolute Gasteiger partial charge is 0.451 e. The number of guanidine groups is 1. The topological polar surface area (TPSA) is 215 Å². The molecule has 11 N–H and O–H groups in total. The molecule has 0 aromatic heterocycles. The predicted molar refractivity (Wildman–Crippen MR) is 101 cm³/mol. The number of aliphatic imine (C=N–C) groups is 1. The number of amides is 1. The molecule has 0 aromatic carbocycles. The molecule has 27 heavy (non-hydrogen) atoms. The molecule has 1 saturated heterocycles. The summed E-state index contributed by atoms with van der Waals surface area (Å²) in [5.74, 6) is -1.69. The van der Waals surface area contributed by atoms with Crippen molar-refractivity contribution in [2.24, 2.45) is 33.8 Å². The lowest BCUT2D eigenvalue weighted by Gasteiger charge is -2.42. The van der Waals surface area contributed by atoms with Gasteiger partial charge < -0.3 is 43.0 Å². The molecule has 0 saturated carbocycles. The molecular formula is C15H31BN6O5. The van der Waals surface area contributed by atoms with E-state index in [1.165, 1.54) is 4.90 Å². The molecule has 154 valence electrons. The Hall–Kier alpha value is -1.89. The van der Waals surface area contributed by atoms with Crippen LogP contribution in [0.1, 0.15) is 32.1 Å². The van der Waals surface area contributed by atoms with Crippen LogP contribution in [0.4, 0.5) is 0 Å². The molecule has 1 aliphatic rings. The SMILES string of the molecule is NC(N)=NCCC[C@H](N)CC(=O)N1C[C@@H](CCB(O)O)C[C@](N)(C(=O)O)C1. The van der Waals surface area contributed by atoms with Gasteiger partial charge in [-0.05, 0) is 31.5 Å². The Bertz CT molecular complexity index is 545. The van der Waals surface area contributed by atoms with E-state index in [0.717, 1.165) is 0 Å². The van der Waals surface area contributed by atoms with Crippen LogP contribution in [0.5, 0.6) is 0 Å². The summed E-state index contributed by atoms with van der Waals surface area (Å²) in [6.45, 7) is 0.642. The van der Waals surface area contributed by atoms with Crippen molar-refractivity contribution in [1.29, 1.82) is 0 Å². The van der Waals surface area contributed by atoms with E-state index in [0.29, 0.717) is 32.4 Å². The third-order valence-electron chi connectivity index (χ3n) is 4.68. The molecule has 1 rings (SSSR count). The number of carbonyl (C=O) groups excluding carboxylic acids is 1. The molecular weight excluding hydrogens is 355 g/mol. The number of likely N-dealkylation sites (tertiary alicyclic amines) is 1. The van der Waals surface area contributed by atoms with Gasteiger partial charge in [0.15, 0.2) is 5.96 Å². The Labute approximate surface area is 158 Å². The van der Waals surface area contributed by atoms with Crippen LogP contribution in [0.15, 0.2) is 4.99 Å². The molecule has 3 atom stereocenters. The Morgan fingerprint density at radius 2 is 2.00 bits per heavy atom. The van der Waals surface area contributed by atoms with Gasteiger partial charge in [0, 0.05) is 32.1 Å². The summed E-state index contributed by atoms with van der Waals surface area (Å²) in [5.41, 5.74) is 20.9. The standard InChI is InChI=1S/C15H31BN6O5/c17-11(2-1-5-21-14(18)19)6-12(23)22-8-10(3-4-16(26)27)7-15(20,9-22)13(24)25/h10-11,26-27H,1-9,17,20H2,(H,24,25)(H4,18,19,21)/t10-,11-,15+/m0/s1. The number of rotatable bonds is 10. The molecule has 0 unspecified atom stereocenters. The summed E-state index contributed by atoms with van der Waals surface area (Å²) in [5, 5.41) is 27.5. The molecule has 11 nitrogen and oxygen atoms in total. The molecule has 0 radical (unpaired) electrons. The maximum atomic E-state index is 12.6. The van der Waals surface area contributed by atoms with Crippen LogP contribution in [-0.2, 0) is 9.59 Å². The first kappa shape index (κ1) is 23.2. The summed E-state index contributed by atoms with van der Waals surface area (Å²) in [6, 6.07) is -0.400. The van der Waals surface area contributed by atoms with Gasteiger partial charge in [0.05, 0.1) is 0 Å². The van der Waals surface area contributed by atoms with Gasteiger partial charge in [-0.3, -0.25) is 14.6 Å². The molecule has 12 heteroatoms. The van der Waals surface area contributed by atoms with Crippen LogP contribution in [0.25, 0.3) is 0 Å². The molecule has 0 bridgehead atoms. The van der Waals surface area contributed by atoms with Gasteiger partial charge in [0.2, 0.25) is 5.91 Å². The minimum atomic E-state index is -1.56. The molecule has 1 heterocycles. The van der Waals surface area contributed by atoms with Gasteiger partial charge >= 0.3 is 13.1 Å². The van der Waals surface area contributed by atoms with E-state index < -0.39 is 24.7 Å². The first-order chi connectivity index (χ1) is 12.5. The van der Waals surface area contributed by atoms with Crippen molar-refractivity contribution in [2.45, 2.75) is 50.0 Å². The average Bonchev–Trinajstić information content (AvgIpc) is 2.56. The highest BCUT2D eigenvalue weighted by Crippen LogP contribution is 2.28. The third-order valence-corrected chi connectivity index (χ3v) is 4.68. The van der Waals surface area contributed by atoms with E-state index in [1.54, 1.807) is 0 Å². The summed E-state index contributed by atoms with van der Waals surface area (Å²) >= 11 is 0. The average molecular weight is 386 g/mol. The van der Waals surface area contributed by atoms with E-state index in [4.69, 9.17) is 33.0 Å². The van der Waals surface area contributed by atoms with Gasteiger partial charge in [-0.15, -0.1) is 0 Å². The largest absolute Gasteiger partial charge is 0.480 e. The Balaban J connectivity index is 2.64. The second-order valence-corrected chi connectivity index (χ2v) is 7.28. The number of nitrogens with two attached hydrogens (primary N) is 4. The van der Waals surface area contributed by atoms with E-state index in [1.807, 2.05) is 0 Å². The van der Waals surface area contributed by atoms with Crippen molar-refractivity contribution < 1.29 is 24.7 Å². The third kappa shape index (κ3) is 8.12. The summed E-state index contributed by atoms with van der Waals surface area (Å²) in [4.78, 5) is 29.4. The lowest BCUT2D eigenvalue weighted by molar-refractivity contribution is -0.149. The number of carboxylic acids is 1. The fourth-order valence-corrected chi connectivity index (χ4v) is 3.30. The van der Waals surface area contributed by atoms with Crippen LogP contribution < -0.4 is 22.9 Å². The van der Waals surface area contributed by atoms with Crippen LogP contribution >= 0.6 is 0 Å². The Morgan fingerprint density at radius 1 is 1.33 bits per heavy atom. The quantitative estimate of drug-likeness (QED) is 0.0895. The highest BCUT2D eigenvalue weighted by Gasteiger charge is 2.44. The van der Waals surface area contributed by atoms with Crippen LogP contribution in [0.2, 0.25) is 6.32 Å². The number of piperidine rings is 1. The highest BCUT2D eigenvalue weighted by atomic mass is 16.4. The fourth-order valence-electron chi connectivity index (χ4n) is 3.30. The van der Waals surface area contributed by atoms with Gasteiger partial charge in [-0.25, -0.2) is 0 Å². The van der Waals surface area contributed by atoms with Crippen molar-refractivity contribution >= 4 is 25.0 Å². The monoisotopic (exact) mass is 386 g/mol. The van der Waals surface area contributed by atoms with Gasteiger partial charge in [0.25, 0.3) is 0 Å². The minimum Gasteiger partial charge on any atom is -0.480 e. The van der Waals surface area contributed by atoms with Crippen molar-refractivity contribution in [2.75, 3.05) is 19.6 Å². The Morgan fingerprint density at radius 3 is 2.56 bits per heavy atom. The second-order valence-electron chi connectivity index (χ2n) is 7.28. The minimum absolute atomic E-state index is 0.0000368. The zero-order valence-electron chi connectivity index (χ0n) is 15.5. The first-order valence-corrected chi connectivity index (χ1v) is 9.00.